The van der Waals surface area contributed by atoms with Gasteiger partial charge in [0, 0.05) is 25.2 Å². The zero-order chi connectivity index (χ0) is 15.9. The second kappa shape index (κ2) is 8.48. The lowest BCUT2D eigenvalue weighted by Gasteiger charge is -2.36. The first-order valence-electron chi connectivity index (χ1n) is 7.84. The van der Waals surface area contributed by atoms with Crippen LogP contribution in [0.1, 0.15) is 19.4 Å². The molecular weight excluding hydrogens is 282 g/mol. The molecule has 1 fully saturated rings. The fourth-order valence-electron chi connectivity index (χ4n) is 2.91. The lowest BCUT2D eigenvalue weighted by molar-refractivity contribution is -0.0826. The first-order chi connectivity index (χ1) is 10.6. The van der Waals surface area contributed by atoms with Crippen LogP contribution in [0.25, 0.3) is 0 Å². The molecule has 1 N–H and O–H groups in total. The Morgan fingerprint density at radius 2 is 1.95 bits per heavy atom. The normalized spacial score (nSPS) is 24.2. The highest BCUT2D eigenvalue weighted by Gasteiger charge is 2.23. The maximum absolute atomic E-state index is 10.1. The van der Waals surface area contributed by atoms with E-state index in [0.29, 0.717) is 19.8 Å². The fourth-order valence-corrected chi connectivity index (χ4v) is 2.91. The van der Waals surface area contributed by atoms with Gasteiger partial charge in [0.15, 0.2) is 0 Å². The van der Waals surface area contributed by atoms with E-state index in [-0.39, 0.29) is 12.2 Å². The van der Waals surface area contributed by atoms with Gasteiger partial charge in [-0.3, -0.25) is 4.90 Å². The number of morpholine rings is 1. The summed E-state index contributed by atoms with van der Waals surface area (Å²) in [6.45, 7) is 7.21. The van der Waals surface area contributed by atoms with Crippen LogP contribution in [0.4, 0.5) is 0 Å². The monoisotopic (exact) mass is 309 g/mol. The topological polar surface area (TPSA) is 51.2 Å². The largest absolute Gasteiger partial charge is 0.496 e. The quantitative estimate of drug-likeness (QED) is 0.830. The third-order valence-corrected chi connectivity index (χ3v) is 3.72. The summed E-state index contributed by atoms with van der Waals surface area (Å²) in [5, 5.41) is 10.1. The molecule has 22 heavy (non-hydrogen) atoms. The van der Waals surface area contributed by atoms with Gasteiger partial charge in [0.05, 0.1) is 38.6 Å². The number of ether oxygens (including phenoxy) is 3. The van der Waals surface area contributed by atoms with E-state index in [1.807, 2.05) is 24.3 Å². The lowest BCUT2D eigenvalue weighted by atomic mass is 10.2. The molecule has 0 radical (unpaired) electrons. The molecule has 0 aromatic heterocycles. The average Bonchev–Trinajstić information content (AvgIpc) is 2.46. The van der Waals surface area contributed by atoms with E-state index in [0.717, 1.165) is 24.4 Å². The number of hydrogen-bond donors (Lipinski definition) is 1. The van der Waals surface area contributed by atoms with E-state index in [1.165, 1.54) is 0 Å². The first-order valence-corrected chi connectivity index (χ1v) is 7.84. The molecule has 0 aliphatic carbocycles. The molecule has 5 heteroatoms. The lowest BCUT2D eigenvalue weighted by Crippen LogP contribution is -2.48. The van der Waals surface area contributed by atoms with Crippen LogP contribution < -0.4 is 4.74 Å². The Morgan fingerprint density at radius 3 is 2.64 bits per heavy atom. The third-order valence-electron chi connectivity index (χ3n) is 3.72. The first kappa shape index (κ1) is 17.2. The van der Waals surface area contributed by atoms with Crippen molar-refractivity contribution in [2.45, 2.75) is 38.8 Å². The highest BCUT2D eigenvalue weighted by Crippen LogP contribution is 2.18. The third kappa shape index (κ3) is 5.25. The summed E-state index contributed by atoms with van der Waals surface area (Å²) in [5.41, 5.74) is 0.991. The Bertz CT molecular complexity index is 444. The van der Waals surface area contributed by atoms with Gasteiger partial charge in [-0.2, -0.15) is 0 Å². The van der Waals surface area contributed by atoms with Crippen molar-refractivity contribution < 1.29 is 19.3 Å². The van der Waals surface area contributed by atoms with E-state index in [2.05, 4.69) is 18.7 Å². The van der Waals surface area contributed by atoms with Crippen molar-refractivity contribution in [3.05, 3.63) is 29.8 Å². The molecular formula is C17H27NO4. The maximum Gasteiger partial charge on any atom is 0.124 e. The maximum atomic E-state index is 10.1. The van der Waals surface area contributed by atoms with Gasteiger partial charge in [0.1, 0.15) is 5.75 Å². The Balaban J connectivity index is 1.72. The summed E-state index contributed by atoms with van der Waals surface area (Å²) in [5.74, 6) is 0.813. The average molecular weight is 309 g/mol. The van der Waals surface area contributed by atoms with Crippen molar-refractivity contribution in [1.82, 2.24) is 4.90 Å². The summed E-state index contributed by atoms with van der Waals surface area (Å²) in [6, 6.07) is 7.76. The standard InChI is InChI=1S/C17H27NO4/c1-13-8-18(9-14(2)22-13)10-16(19)12-21-11-15-6-4-5-7-17(15)20-3/h4-7,13-14,16,19H,8-12H2,1-3H3. The number of rotatable bonds is 7. The molecule has 0 amide bonds. The zero-order valence-corrected chi connectivity index (χ0v) is 13.7. The predicted octanol–water partition coefficient (Wildman–Crippen LogP) is 1.68. The summed E-state index contributed by atoms with van der Waals surface area (Å²) >= 11 is 0. The van der Waals surface area contributed by atoms with Crippen molar-refractivity contribution in [3.8, 4) is 5.75 Å². The van der Waals surface area contributed by atoms with Gasteiger partial charge < -0.3 is 19.3 Å². The number of hydrogen-bond acceptors (Lipinski definition) is 5. The van der Waals surface area contributed by atoms with Gasteiger partial charge >= 0.3 is 0 Å². The van der Waals surface area contributed by atoms with E-state index in [1.54, 1.807) is 7.11 Å². The highest BCUT2D eigenvalue weighted by atomic mass is 16.5. The zero-order valence-electron chi connectivity index (χ0n) is 13.7. The number of methoxy groups -OCH3 is 1. The molecule has 1 aromatic rings. The molecule has 0 spiro atoms. The number of aliphatic hydroxyl groups is 1. The summed E-state index contributed by atoms with van der Waals surface area (Å²) in [6.07, 6.45) is -0.0666. The molecule has 1 aromatic carbocycles. The molecule has 1 aliphatic rings. The smallest absolute Gasteiger partial charge is 0.124 e. The molecule has 0 saturated carbocycles. The van der Waals surface area contributed by atoms with Crippen LogP contribution in [0.5, 0.6) is 5.75 Å². The van der Waals surface area contributed by atoms with Crippen molar-refractivity contribution in [2.24, 2.45) is 0 Å². The predicted molar refractivity (Wildman–Crippen MR) is 85.1 cm³/mol. The molecule has 3 atom stereocenters. The molecule has 1 heterocycles. The van der Waals surface area contributed by atoms with Gasteiger partial charge in [-0.15, -0.1) is 0 Å². The number of para-hydroxylation sites is 1. The van der Waals surface area contributed by atoms with Crippen molar-refractivity contribution in [3.63, 3.8) is 0 Å². The Kier molecular flexibility index (Phi) is 6.64. The Morgan fingerprint density at radius 1 is 1.27 bits per heavy atom. The number of benzene rings is 1. The molecule has 1 saturated heterocycles. The van der Waals surface area contributed by atoms with Gasteiger partial charge in [0.2, 0.25) is 0 Å². The van der Waals surface area contributed by atoms with Crippen LogP contribution in [0.2, 0.25) is 0 Å². The van der Waals surface area contributed by atoms with E-state index in [9.17, 15) is 5.11 Å². The van der Waals surface area contributed by atoms with Crippen LogP contribution in [0.15, 0.2) is 24.3 Å². The molecule has 0 bridgehead atoms. The second-order valence-corrected chi connectivity index (χ2v) is 5.96. The van der Waals surface area contributed by atoms with Crippen molar-refractivity contribution in [1.29, 1.82) is 0 Å². The van der Waals surface area contributed by atoms with Crippen LogP contribution in [0.3, 0.4) is 0 Å². The Labute approximate surface area is 132 Å². The summed E-state index contributed by atoms with van der Waals surface area (Å²) in [7, 11) is 1.65. The van der Waals surface area contributed by atoms with E-state index in [4.69, 9.17) is 14.2 Å². The highest BCUT2D eigenvalue weighted by molar-refractivity contribution is 5.32. The van der Waals surface area contributed by atoms with Gasteiger partial charge in [-0.25, -0.2) is 0 Å². The van der Waals surface area contributed by atoms with E-state index >= 15 is 0 Å². The number of nitrogens with zero attached hydrogens (tertiary/aromatic N) is 1. The number of aliphatic hydroxyl groups excluding tert-OH is 1. The molecule has 2 rings (SSSR count). The van der Waals surface area contributed by atoms with Crippen LogP contribution in [-0.4, -0.2) is 61.7 Å². The van der Waals surface area contributed by atoms with Crippen molar-refractivity contribution >= 4 is 0 Å². The Hall–Kier alpha value is -1.14. The van der Waals surface area contributed by atoms with Gasteiger partial charge in [-0.05, 0) is 19.9 Å². The van der Waals surface area contributed by atoms with Gasteiger partial charge in [0.25, 0.3) is 0 Å². The second-order valence-electron chi connectivity index (χ2n) is 5.96. The molecule has 5 nitrogen and oxygen atoms in total. The number of β-amino-alcohol motifs (C(OH)–C–C–N with tert-alkyl or cyclic N) is 1. The minimum Gasteiger partial charge on any atom is -0.496 e. The molecule has 1 aliphatic heterocycles. The van der Waals surface area contributed by atoms with E-state index < -0.39 is 6.10 Å². The molecule has 3 unspecified atom stereocenters. The SMILES string of the molecule is COc1ccccc1COCC(O)CN1CC(C)OC(C)C1. The van der Waals surface area contributed by atoms with Crippen molar-refractivity contribution in [2.75, 3.05) is 33.4 Å². The van der Waals surface area contributed by atoms with Crippen LogP contribution in [0, 0.1) is 0 Å². The van der Waals surface area contributed by atoms with Crippen LogP contribution in [-0.2, 0) is 16.1 Å². The summed E-state index contributed by atoms with van der Waals surface area (Å²) < 4.78 is 16.6. The fraction of sp³-hybridized carbons (Fsp3) is 0.647. The van der Waals surface area contributed by atoms with Gasteiger partial charge in [-0.1, -0.05) is 18.2 Å². The minimum atomic E-state index is -0.493. The minimum absolute atomic E-state index is 0.213. The van der Waals surface area contributed by atoms with Crippen LogP contribution >= 0.6 is 0 Å². The summed E-state index contributed by atoms with van der Waals surface area (Å²) in [4.78, 5) is 2.23. The molecule has 124 valence electrons.